The number of para-hydroxylation sites is 1. The van der Waals surface area contributed by atoms with E-state index in [2.05, 4.69) is 4.98 Å². The number of hydrogen-bond donors (Lipinski definition) is 1. The smallest absolute Gasteiger partial charge is 0.255 e. The van der Waals surface area contributed by atoms with Crippen LogP contribution in [-0.4, -0.2) is 16.6 Å². The van der Waals surface area contributed by atoms with Gasteiger partial charge in [0.15, 0.2) is 11.6 Å². The largest absolute Gasteiger partial charge is 0.321 e. The van der Waals surface area contributed by atoms with Crippen LogP contribution in [0.4, 0.5) is 0 Å². The maximum atomic E-state index is 12.4. The Bertz CT molecular complexity index is 1040. The van der Waals surface area contributed by atoms with Gasteiger partial charge in [0.2, 0.25) is 0 Å². The highest BCUT2D eigenvalue weighted by atomic mass is 16.2. The van der Waals surface area contributed by atoms with Crippen LogP contribution in [0.3, 0.4) is 0 Å². The number of carbonyl (C=O) groups is 2. The van der Waals surface area contributed by atoms with Crippen LogP contribution in [0.25, 0.3) is 17.0 Å². The first-order valence-corrected chi connectivity index (χ1v) is 7.17. The molecule has 2 aromatic carbocycles. The predicted octanol–water partition coefficient (Wildman–Crippen LogP) is 2.99. The van der Waals surface area contributed by atoms with Crippen molar-refractivity contribution in [2.24, 2.45) is 0 Å². The Morgan fingerprint density at radius 3 is 2.09 bits per heavy atom. The minimum atomic E-state index is -0.335. The Morgan fingerprint density at radius 1 is 0.783 bits per heavy atom. The fraction of sp³-hybridized carbons (Fsp3) is 0. The Hall–Kier alpha value is -3.27. The second-order valence-corrected chi connectivity index (χ2v) is 5.40. The average molecular weight is 301 g/mol. The fourth-order valence-corrected chi connectivity index (χ4v) is 2.83. The van der Waals surface area contributed by atoms with Crippen LogP contribution in [-0.2, 0) is 0 Å². The standard InChI is InChI=1S/C19H11NO3/c21-17-13-6-2-3-7-14(13)18(22)15(17)10-12-9-11-5-1-4-8-16(11)20-19(12)23/h1-10H,(H,20,23). The van der Waals surface area contributed by atoms with Crippen molar-refractivity contribution in [3.05, 3.63) is 87.2 Å². The fourth-order valence-electron chi connectivity index (χ4n) is 2.83. The molecule has 0 atom stereocenters. The molecule has 0 bridgehead atoms. The highest BCUT2D eigenvalue weighted by Gasteiger charge is 2.32. The lowest BCUT2D eigenvalue weighted by atomic mass is 10.1. The Morgan fingerprint density at radius 2 is 1.39 bits per heavy atom. The molecule has 4 heteroatoms. The van der Waals surface area contributed by atoms with Gasteiger partial charge in [-0.15, -0.1) is 0 Å². The molecule has 0 radical (unpaired) electrons. The van der Waals surface area contributed by atoms with E-state index >= 15 is 0 Å². The van der Waals surface area contributed by atoms with Gasteiger partial charge in [0.1, 0.15) is 0 Å². The molecule has 0 spiro atoms. The van der Waals surface area contributed by atoms with Crippen LogP contribution in [0, 0.1) is 0 Å². The number of aromatic amines is 1. The maximum absolute atomic E-state index is 12.4. The second kappa shape index (κ2) is 4.88. The number of benzene rings is 2. The number of H-pyrrole nitrogens is 1. The number of pyridine rings is 1. The monoisotopic (exact) mass is 301 g/mol. The number of carbonyl (C=O) groups excluding carboxylic acids is 2. The minimum absolute atomic E-state index is 0.0342. The topological polar surface area (TPSA) is 67.0 Å². The predicted molar refractivity (Wildman–Crippen MR) is 87.6 cm³/mol. The summed E-state index contributed by atoms with van der Waals surface area (Å²) in [6.45, 7) is 0. The highest BCUT2D eigenvalue weighted by molar-refractivity contribution is 6.41. The van der Waals surface area contributed by atoms with Gasteiger partial charge in [-0.3, -0.25) is 14.4 Å². The van der Waals surface area contributed by atoms with Crippen molar-refractivity contribution in [3.63, 3.8) is 0 Å². The number of hydrogen-bond acceptors (Lipinski definition) is 3. The molecule has 1 aromatic heterocycles. The number of ketones is 2. The first-order valence-electron chi connectivity index (χ1n) is 7.17. The van der Waals surface area contributed by atoms with Gasteiger partial charge < -0.3 is 4.98 Å². The van der Waals surface area contributed by atoms with Gasteiger partial charge >= 0.3 is 0 Å². The summed E-state index contributed by atoms with van der Waals surface area (Å²) >= 11 is 0. The third-order valence-electron chi connectivity index (χ3n) is 3.99. The summed E-state index contributed by atoms with van der Waals surface area (Å²) in [7, 11) is 0. The molecule has 4 nitrogen and oxygen atoms in total. The van der Waals surface area contributed by atoms with Gasteiger partial charge in [-0.05, 0) is 23.6 Å². The number of fused-ring (bicyclic) bond motifs is 2. The minimum Gasteiger partial charge on any atom is -0.321 e. The Kier molecular flexibility index (Phi) is 2.84. The summed E-state index contributed by atoms with van der Waals surface area (Å²) in [5.41, 5.74) is 1.50. The molecule has 110 valence electrons. The van der Waals surface area contributed by atoms with E-state index in [4.69, 9.17) is 0 Å². The van der Waals surface area contributed by atoms with Crippen LogP contribution in [0.15, 0.2) is 65.0 Å². The van der Waals surface area contributed by atoms with Gasteiger partial charge in [0, 0.05) is 22.2 Å². The molecule has 1 N–H and O–H groups in total. The second-order valence-electron chi connectivity index (χ2n) is 5.40. The molecule has 4 rings (SSSR count). The summed E-state index contributed by atoms with van der Waals surface area (Å²) in [4.78, 5) is 39.7. The third kappa shape index (κ3) is 2.04. The van der Waals surface area contributed by atoms with Crippen LogP contribution in [0.1, 0.15) is 26.3 Å². The molecule has 3 aromatic rings. The van der Waals surface area contributed by atoms with Crippen molar-refractivity contribution in [2.75, 3.05) is 0 Å². The molecule has 0 amide bonds. The first kappa shape index (κ1) is 13.4. The lowest BCUT2D eigenvalue weighted by molar-refractivity contribution is 0.0990. The third-order valence-corrected chi connectivity index (χ3v) is 3.99. The van der Waals surface area contributed by atoms with Crippen LogP contribution in [0.2, 0.25) is 0 Å². The van der Waals surface area contributed by atoms with Gasteiger partial charge in [0.25, 0.3) is 5.56 Å². The zero-order chi connectivity index (χ0) is 16.0. The molecular weight excluding hydrogens is 290 g/mol. The van der Waals surface area contributed by atoms with E-state index in [9.17, 15) is 14.4 Å². The Balaban J connectivity index is 1.89. The molecule has 0 saturated carbocycles. The van der Waals surface area contributed by atoms with Crippen molar-refractivity contribution in [1.82, 2.24) is 4.98 Å². The summed E-state index contributed by atoms with van der Waals surface area (Å²) in [6, 6.07) is 15.7. The highest BCUT2D eigenvalue weighted by Crippen LogP contribution is 2.27. The van der Waals surface area contributed by atoms with Crippen LogP contribution < -0.4 is 5.56 Å². The van der Waals surface area contributed by atoms with Gasteiger partial charge in [-0.1, -0.05) is 42.5 Å². The number of Topliss-reactive ketones (excluding diaryl/α,β-unsaturated/α-hetero) is 2. The van der Waals surface area contributed by atoms with E-state index in [1.165, 1.54) is 6.08 Å². The van der Waals surface area contributed by atoms with E-state index < -0.39 is 0 Å². The number of allylic oxidation sites excluding steroid dienone is 1. The summed E-state index contributed by atoms with van der Waals surface area (Å²) in [6.07, 6.45) is 1.38. The molecule has 1 aliphatic rings. The SMILES string of the molecule is O=C1C(=Cc2cc3ccccc3[nH]c2=O)C(=O)c2ccccc21. The molecule has 0 fully saturated rings. The summed E-state index contributed by atoms with van der Waals surface area (Å²) in [5, 5.41) is 0.842. The molecule has 23 heavy (non-hydrogen) atoms. The van der Waals surface area contributed by atoms with Crippen molar-refractivity contribution >= 4 is 28.5 Å². The molecule has 0 saturated heterocycles. The zero-order valence-electron chi connectivity index (χ0n) is 12.0. The maximum Gasteiger partial charge on any atom is 0.255 e. The van der Waals surface area contributed by atoms with Crippen molar-refractivity contribution in [1.29, 1.82) is 0 Å². The number of aromatic nitrogens is 1. The molecule has 1 heterocycles. The number of nitrogens with one attached hydrogen (secondary N) is 1. The van der Waals surface area contributed by atoms with Gasteiger partial charge in [-0.25, -0.2) is 0 Å². The zero-order valence-corrected chi connectivity index (χ0v) is 12.0. The molecule has 0 aliphatic heterocycles. The summed E-state index contributed by atoms with van der Waals surface area (Å²) < 4.78 is 0. The van der Waals surface area contributed by atoms with E-state index in [0.717, 1.165) is 5.39 Å². The van der Waals surface area contributed by atoms with Gasteiger partial charge in [0.05, 0.1) is 5.57 Å². The lowest BCUT2D eigenvalue weighted by Gasteiger charge is -2.00. The molecule has 0 unspecified atom stereocenters. The quantitative estimate of drug-likeness (QED) is 0.555. The van der Waals surface area contributed by atoms with Crippen molar-refractivity contribution in [2.45, 2.75) is 0 Å². The normalized spacial score (nSPS) is 13.5. The van der Waals surface area contributed by atoms with E-state index in [-0.39, 0.29) is 22.7 Å². The lowest BCUT2D eigenvalue weighted by Crippen LogP contribution is -2.10. The van der Waals surface area contributed by atoms with Crippen molar-refractivity contribution < 1.29 is 9.59 Å². The molecule has 1 aliphatic carbocycles. The van der Waals surface area contributed by atoms with E-state index in [0.29, 0.717) is 22.2 Å². The average Bonchev–Trinajstić information content (AvgIpc) is 2.81. The van der Waals surface area contributed by atoms with Crippen LogP contribution >= 0.6 is 0 Å². The van der Waals surface area contributed by atoms with Crippen LogP contribution in [0.5, 0.6) is 0 Å². The first-order chi connectivity index (χ1) is 11.1. The number of rotatable bonds is 1. The van der Waals surface area contributed by atoms with E-state index in [1.54, 1.807) is 36.4 Å². The van der Waals surface area contributed by atoms with Crippen molar-refractivity contribution in [3.8, 4) is 0 Å². The Labute approximate surface area is 131 Å². The van der Waals surface area contributed by atoms with Gasteiger partial charge in [-0.2, -0.15) is 0 Å². The molecular formula is C19H11NO3. The van der Waals surface area contributed by atoms with E-state index in [1.807, 2.05) is 18.2 Å². The summed E-state index contributed by atoms with van der Waals surface area (Å²) in [5.74, 6) is -0.670.